The SMILES string of the molecule is CCCOc1ccc(C(C)(C)CC(C)Br)cc1. The highest BCUT2D eigenvalue weighted by atomic mass is 79.9. The number of halogens is 1. The van der Waals surface area contributed by atoms with Crippen molar-refractivity contribution in [3.63, 3.8) is 0 Å². The summed E-state index contributed by atoms with van der Waals surface area (Å²) in [6, 6.07) is 8.51. The Kier molecular flexibility index (Phi) is 5.51. The minimum atomic E-state index is 0.201. The van der Waals surface area contributed by atoms with Crippen LogP contribution in [0.2, 0.25) is 0 Å². The van der Waals surface area contributed by atoms with Crippen LogP contribution in [0.1, 0.15) is 46.1 Å². The molecule has 0 aliphatic carbocycles. The van der Waals surface area contributed by atoms with Crippen molar-refractivity contribution >= 4 is 15.9 Å². The van der Waals surface area contributed by atoms with Crippen molar-refractivity contribution in [2.75, 3.05) is 6.61 Å². The lowest BCUT2D eigenvalue weighted by molar-refractivity contribution is 0.317. The lowest BCUT2D eigenvalue weighted by atomic mass is 9.81. The summed E-state index contributed by atoms with van der Waals surface area (Å²) in [4.78, 5) is 0.536. The Hall–Kier alpha value is -0.500. The number of hydrogen-bond donors (Lipinski definition) is 0. The highest BCUT2D eigenvalue weighted by molar-refractivity contribution is 9.09. The average molecular weight is 299 g/mol. The van der Waals surface area contributed by atoms with Crippen LogP contribution in [-0.2, 0) is 5.41 Å². The second kappa shape index (κ2) is 6.44. The second-order valence-corrected chi connectivity index (χ2v) is 6.80. The molecule has 0 aromatic heterocycles. The first-order valence-corrected chi connectivity index (χ1v) is 7.24. The molecule has 1 atom stereocenters. The maximum absolute atomic E-state index is 5.59. The molecule has 0 radical (unpaired) electrons. The van der Waals surface area contributed by atoms with Crippen molar-refractivity contribution in [3.8, 4) is 5.75 Å². The van der Waals surface area contributed by atoms with E-state index in [-0.39, 0.29) is 5.41 Å². The average Bonchev–Trinajstić information content (AvgIpc) is 2.25. The molecule has 1 rings (SSSR count). The van der Waals surface area contributed by atoms with Crippen LogP contribution in [0.3, 0.4) is 0 Å². The Bertz CT molecular complexity index is 327. The van der Waals surface area contributed by atoms with Crippen molar-refractivity contribution in [1.82, 2.24) is 0 Å². The quantitative estimate of drug-likeness (QED) is 0.677. The highest BCUT2D eigenvalue weighted by Crippen LogP contribution is 2.31. The van der Waals surface area contributed by atoms with E-state index in [2.05, 4.69) is 67.9 Å². The molecular formula is C15H23BrO. The van der Waals surface area contributed by atoms with Crippen molar-refractivity contribution < 1.29 is 4.74 Å². The zero-order valence-electron chi connectivity index (χ0n) is 11.3. The molecule has 1 unspecified atom stereocenters. The molecule has 96 valence electrons. The second-order valence-electron chi connectivity index (χ2n) is 5.24. The summed E-state index contributed by atoms with van der Waals surface area (Å²) in [7, 11) is 0. The van der Waals surface area contributed by atoms with Gasteiger partial charge in [-0.1, -0.05) is 55.8 Å². The monoisotopic (exact) mass is 298 g/mol. The molecule has 0 bridgehead atoms. The molecule has 0 heterocycles. The minimum absolute atomic E-state index is 0.201. The zero-order chi connectivity index (χ0) is 12.9. The molecule has 17 heavy (non-hydrogen) atoms. The fraction of sp³-hybridized carbons (Fsp3) is 0.600. The smallest absolute Gasteiger partial charge is 0.119 e. The summed E-state index contributed by atoms with van der Waals surface area (Å²) in [5.41, 5.74) is 1.57. The maximum atomic E-state index is 5.59. The summed E-state index contributed by atoms with van der Waals surface area (Å²) in [6.45, 7) is 9.68. The van der Waals surface area contributed by atoms with E-state index in [9.17, 15) is 0 Å². The third kappa shape index (κ3) is 4.71. The summed E-state index contributed by atoms with van der Waals surface area (Å²) < 4.78 is 5.59. The number of ether oxygens (including phenoxy) is 1. The van der Waals surface area contributed by atoms with Crippen LogP contribution >= 0.6 is 15.9 Å². The van der Waals surface area contributed by atoms with Gasteiger partial charge in [0.15, 0.2) is 0 Å². The van der Waals surface area contributed by atoms with Crippen molar-refractivity contribution in [2.24, 2.45) is 0 Å². The van der Waals surface area contributed by atoms with Gasteiger partial charge in [0, 0.05) is 4.83 Å². The molecule has 0 spiro atoms. The van der Waals surface area contributed by atoms with E-state index >= 15 is 0 Å². The first-order chi connectivity index (χ1) is 7.95. The van der Waals surface area contributed by atoms with Gasteiger partial charge in [-0.05, 0) is 36.0 Å². The van der Waals surface area contributed by atoms with Crippen LogP contribution in [0.15, 0.2) is 24.3 Å². The molecule has 1 aromatic rings. The number of hydrogen-bond acceptors (Lipinski definition) is 1. The van der Waals surface area contributed by atoms with Gasteiger partial charge in [0.1, 0.15) is 5.75 Å². The lowest BCUT2D eigenvalue weighted by Gasteiger charge is -2.26. The largest absolute Gasteiger partial charge is 0.494 e. The van der Waals surface area contributed by atoms with Gasteiger partial charge in [0.05, 0.1) is 6.61 Å². The van der Waals surface area contributed by atoms with Gasteiger partial charge in [0.25, 0.3) is 0 Å². The Morgan fingerprint density at radius 1 is 1.24 bits per heavy atom. The minimum Gasteiger partial charge on any atom is -0.494 e. The fourth-order valence-electron chi connectivity index (χ4n) is 2.04. The van der Waals surface area contributed by atoms with Crippen molar-refractivity contribution in [1.29, 1.82) is 0 Å². The van der Waals surface area contributed by atoms with Crippen LogP contribution in [0.5, 0.6) is 5.75 Å². The molecule has 2 heteroatoms. The van der Waals surface area contributed by atoms with Crippen molar-refractivity contribution in [3.05, 3.63) is 29.8 Å². The van der Waals surface area contributed by atoms with Crippen LogP contribution < -0.4 is 4.74 Å². The van der Waals surface area contributed by atoms with Gasteiger partial charge in [0.2, 0.25) is 0 Å². The van der Waals surface area contributed by atoms with E-state index in [4.69, 9.17) is 4.74 Å². The molecular weight excluding hydrogens is 276 g/mol. The van der Waals surface area contributed by atoms with Crippen molar-refractivity contribution in [2.45, 2.75) is 50.8 Å². The first kappa shape index (κ1) is 14.6. The Labute approximate surface area is 114 Å². The molecule has 0 aliphatic rings. The molecule has 1 aromatic carbocycles. The molecule has 0 saturated carbocycles. The topological polar surface area (TPSA) is 9.23 Å². The first-order valence-electron chi connectivity index (χ1n) is 6.33. The third-order valence-electron chi connectivity index (χ3n) is 2.90. The van der Waals surface area contributed by atoms with Crippen LogP contribution in [0.25, 0.3) is 0 Å². The molecule has 0 N–H and O–H groups in total. The third-order valence-corrected chi connectivity index (χ3v) is 3.22. The van der Waals surface area contributed by atoms with E-state index in [0.29, 0.717) is 4.83 Å². The lowest BCUT2D eigenvalue weighted by Crippen LogP contribution is -2.20. The van der Waals surface area contributed by atoms with Gasteiger partial charge >= 0.3 is 0 Å². The van der Waals surface area contributed by atoms with E-state index in [1.807, 2.05) is 0 Å². The summed E-state index contributed by atoms with van der Waals surface area (Å²) in [5.74, 6) is 0.971. The zero-order valence-corrected chi connectivity index (χ0v) is 12.9. The Morgan fingerprint density at radius 2 is 1.82 bits per heavy atom. The van der Waals surface area contributed by atoms with Gasteiger partial charge < -0.3 is 4.74 Å². The predicted molar refractivity (Wildman–Crippen MR) is 78.3 cm³/mol. The fourth-order valence-corrected chi connectivity index (χ4v) is 2.85. The molecule has 1 nitrogen and oxygen atoms in total. The Morgan fingerprint density at radius 3 is 2.29 bits per heavy atom. The normalized spacial score (nSPS) is 13.5. The maximum Gasteiger partial charge on any atom is 0.119 e. The van der Waals surface area contributed by atoms with Crippen LogP contribution in [0.4, 0.5) is 0 Å². The van der Waals surface area contributed by atoms with E-state index in [1.165, 1.54) is 5.56 Å². The number of benzene rings is 1. The number of rotatable bonds is 6. The Balaban J connectivity index is 2.72. The predicted octanol–water partition coefficient (Wildman–Crippen LogP) is 4.93. The van der Waals surface area contributed by atoms with E-state index < -0.39 is 0 Å². The van der Waals surface area contributed by atoms with Gasteiger partial charge in [-0.2, -0.15) is 0 Å². The van der Waals surface area contributed by atoms with E-state index in [1.54, 1.807) is 0 Å². The summed E-state index contributed by atoms with van der Waals surface area (Å²) in [6.07, 6.45) is 2.18. The van der Waals surface area contributed by atoms with Gasteiger partial charge in [-0.15, -0.1) is 0 Å². The molecule has 0 aliphatic heterocycles. The van der Waals surface area contributed by atoms with E-state index in [0.717, 1.165) is 25.2 Å². The summed E-state index contributed by atoms with van der Waals surface area (Å²) >= 11 is 3.63. The van der Waals surface area contributed by atoms with Gasteiger partial charge in [-0.25, -0.2) is 0 Å². The van der Waals surface area contributed by atoms with Gasteiger partial charge in [-0.3, -0.25) is 0 Å². The standard InChI is InChI=1S/C15H23BrO/c1-5-10-17-14-8-6-13(7-9-14)15(3,4)11-12(2)16/h6-9,12H,5,10-11H2,1-4H3. The van der Waals surface area contributed by atoms with Crippen LogP contribution in [-0.4, -0.2) is 11.4 Å². The molecule has 0 amide bonds. The summed E-state index contributed by atoms with van der Waals surface area (Å²) in [5, 5.41) is 0. The highest BCUT2D eigenvalue weighted by Gasteiger charge is 2.22. The van der Waals surface area contributed by atoms with Crippen LogP contribution in [0, 0.1) is 0 Å². The molecule has 0 fully saturated rings. The number of alkyl halides is 1. The molecule has 0 saturated heterocycles.